The maximum atomic E-state index is 12.9. The fourth-order valence-corrected chi connectivity index (χ4v) is 5.00. The van der Waals surface area contributed by atoms with Crippen molar-refractivity contribution in [1.29, 1.82) is 0 Å². The van der Waals surface area contributed by atoms with Crippen molar-refractivity contribution in [1.82, 2.24) is 0 Å². The van der Waals surface area contributed by atoms with Crippen LogP contribution >= 0.6 is 0 Å². The summed E-state index contributed by atoms with van der Waals surface area (Å²) in [5, 5.41) is 111. The van der Waals surface area contributed by atoms with E-state index in [9.17, 15) is 61.0 Å². The summed E-state index contributed by atoms with van der Waals surface area (Å²) in [7, 11) is 0. The number of esters is 1. The lowest BCUT2D eigenvalue weighted by Gasteiger charge is -2.46. The van der Waals surface area contributed by atoms with Crippen LogP contribution in [0.15, 0.2) is 24.3 Å². The predicted molar refractivity (Wildman–Crippen MR) is 143 cm³/mol. The molecule has 0 radical (unpaired) electrons. The largest absolute Gasteiger partial charge is 0.504 e. The fraction of sp³-hybridized carbons (Fsp3) is 0.667. The number of carbonyl (C=O) groups is 1. The van der Waals surface area contributed by atoms with Crippen LogP contribution in [0.1, 0.15) is 12.5 Å². The molecule has 254 valence electrons. The first-order valence-electron chi connectivity index (χ1n) is 13.9. The molecule has 18 heteroatoms. The Bertz CT molecular complexity index is 1160. The van der Waals surface area contributed by atoms with Gasteiger partial charge < -0.3 is 84.6 Å². The zero-order valence-corrected chi connectivity index (χ0v) is 23.7. The molecule has 0 aliphatic carbocycles. The highest BCUT2D eigenvalue weighted by atomic mass is 16.7. The quantitative estimate of drug-likeness (QED) is 0.0678. The van der Waals surface area contributed by atoms with Gasteiger partial charge in [-0.25, -0.2) is 4.79 Å². The highest BCUT2D eigenvalue weighted by Gasteiger charge is 2.52. The van der Waals surface area contributed by atoms with E-state index in [2.05, 4.69) is 0 Å². The summed E-state index contributed by atoms with van der Waals surface area (Å²) >= 11 is 0. The Hall–Kier alpha value is -2.53. The van der Waals surface area contributed by atoms with Crippen molar-refractivity contribution in [2.75, 3.05) is 13.2 Å². The van der Waals surface area contributed by atoms with Crippen LogP contribution in [0.25, 0.3) is 6.08 Å². The molecule has 3 aliphatic heterocycles. The summed E-state index contributed by atoms with van der Waals surface area (Å²) < 4.78 is 32.8. The monoisotopic (exact) mass is 650 g/mol. The van der Waals surface area contributed by atoms with Gasteiger partial charge in [0.1, 0.15) is 61.0 Å². The van der Waals surface area contributed by atoms with Crippen molar-refractivity contribution in [3.8, 4) is 11.5 Å². The molecule has 0 aromatic heterocycles. The van der Waals surface area contributed by atoms with Gasteiger partial charge in [-0.05, 0) is 30.7 Å². The van der Waals surface area contributed by atoms with Gasteiger partial charge in [0.2, 0.25) is 0 Å². The van der Waals surface area contributed by atoms with Crippen LogP contribution in [0, 0.1) is 0 Å². The number of aliphatic hydroxyl groups is 9. The van der Waals surface area contributed by atoms with E-state index in [0.717, 1.165) is 12.1 Å². The summed E-state index contributed by atoms with van der Waals surface area (Å²) in [5.41, 5.74) is 0.271. The molecular weight excluding hydrogens is 612 g/mol. The van der Waals surface area contributed by atoms with E-state index in [1.54, 1.807) is 0 Å². The van der Waals surface area contributed by atoms with E-state index >= 15 is 0 Å². The average molecular weight is 651 g/mol. The van der Waals surface area contributed by atoms with Crippen molar-refractivity contribution < 1.29 is 89.4 Å². The van der Waals surface area contributed by atoms with Gasteiger partial charge in [0, 0.05) is 6.08 Å². The second kappa shape index (κ2) is 14.9. The Labute approximate surface area is 255 Å². The number of carbonyl (C=O) groups excluding carboxylic acids is 1. The van der Waals surface area contributed by atoms with E-state index in [4.69, 9.17) is 28.4 Å². The first-order chi connectivity index (χ1) is 21.2. The zero-order valence-electron chi connectivity index (χ0n) is 23.7. The SMILES string of the molecule is C[C@@H]1O[C@@H](O[C@@H]2[C@@H](O)[C@H](O)O[C@H](CO[C@@H]3O[C@H](CO)[C@@H](O)[C@H](O)[C@H]3O)[C@H]2OC(=O)C=Cc2ccc(O)c(O)c2)[C@H](O)[C@H](O)[C@H]1O. The smallest absolute Gasteiger partial charge is 0.331 e. The van der Waals surface area contributed by atoms with E-state index in [1.165, 1.54) is 25.1 Å². The molecule has 0 amide bonds. The van der Waals surface area contributed by atoms with Crippen LogP contribution < -0.4 is 0 Å². The lowest BCUT2D eigenvalue weighted by molar-refractivity contribution is -0.359. The van der Waals surface area contributed by atoms with Crippen LogP contribution in [0.2, 0.25) is 0 Å². The third-order valence-electron chi connectivity index (χ3n) is 7.67. The van der Waals surface area contributed by atoms with Crippen molar-refractivity contribution >= 4 is 12.0 Å². The average Bonchev–Trinajstić information content (AvgIpc) is 3.01. The third kappa shape index (κ3) is 7.89. The Morgan fingerprint density at radius 2 is 1.44 bits per heavy atom. The van der Waals surface area contributed by atoms with Gasteiger partial charge in [-0.1, -0.05) is 6.07 Å². The molecule has 3 saturated heterocycles. The molecule has 3 fully saturated rings. The second-order valence-electron chi connectivity index (χ2n) is 10.9. The van der Waals surface area contributed by atoms with Crippen LogP contribution in [-0.2, 0) is 33.2 Å². The number of aromatic hydroxyl groups is 2. The Morgan fingerprint density at radius 3 is 2.11 bits per heavy atom. The number of phenolic OH excluding ortho intramolecular Hbond substituents is 2. The zero-order chi connectivity index (χ0) is 33.2. The number of benzene rings is 1. The lowest BCUT2D eigenvalue weighted by Crippen LogP contribution is -2.65. The Morgan fingerprint density at radius 1 is 0.778 bits per heavy atom. The van der Waals surface area contributed by atoms with E-state index in [1.807, 2.05) is 0 Å². The molecule has 3 heterocycles. The second-order valence-corrected chi connectivity index (χ2v) is 10.9. The number of aliphatic hydroxyl groups excluding tert-OH is 9. The van der Waals surface area contributed by atoms with Crippen LogP contribution in [0.5, 0.6) is 11.5 Å². The van der Waals surface area contributed by atoms with Crippen molar-refractivity contribution in [2.45, 2.75) is 99.0 Å². The topological polar surface area (TPSA) is 295 Å². The Kier molecular flexibility index (Phi) is 11.7. The van der Waals surface area contributed by atoms with Gasteiger partial charge in [0.15, 0.2) is 36.5 Å². The van der Waals surface area contributed by atoms with Crippen molar-refractivity contribution in [2.24, 2.45) is 0 Å². The van der Waals surface area contributed by atoms with E-state index in [-0.39, 0.29) is 5.56 Å². The minimum absolute atomic E-state index is 0.271. The molecule has 0 spiro atoms. The Balaban J connectivity index is 1.57. The summed E-state index contributed by atoms with van der Waals surface area (Å²) in [5.74, 6) is -1.95. The highest BCUT2D eigenvalue weighted by Crippen LogP contribution is 2.32. The molecule has 15 atom stereocenters. The summed E-state index contributed by atoms with van der Waals surface area (Å²) in [6.45, 7) is -0.0722. The van der Waals surface area contributed by atoms with Crippen molar-refractivity contribution in [3.05, 3.63) is 29.8 Å². The number of hydrogen-bond donors (Lipinski definition) is 11. The molecule has 18 nitrogen and oxygen atoms in total. The molecule has 11 N–H and O–H groups in total. The number of phenols is 2. The normalized spacial score (nSPS) is 42.5. The molecular formula is C27H38O18. The maximum absolute atomic E-state index is 12.9. The summed E-state index contributed by atoms with van der Waals surface area (Å²) in [6, 6.07) is 3.69. The minimum Gasteiger partial charge on any atom is -0.504 e. The third-order valence-corrected chi connectivity index (χ3v) is 7.67. The van der Waals surface area contributed by atoms with Gasteiger partial charge in [-0.3, -0.25) is 0 Å². The maximum Gasteiger partial charge on any atom is 0.331 e. The molecule has 3 aliphatic rings. The molecule has 0 bridgehead atoms. The van der Waals surface area contributed by atoms with E-state index < -0.39 is 123 Å². The van der Waals surface area contributed by atoms with Gasteiger partial charge >= 0.3 is 5.97 Å². The van der Waals surface area contributed by atoms with Gasteiger partial charge in [-0.15, -0.1) is 0 Å². The minimum atomic E-state index is -2.02. The molecule has 1 aromatic rings. The molecule has 0 unspecified atom stereocenters. The molecule has 1 aromatic carbocycles. The van der Waals surface area contributed by atoms with E-state index in [0.29, 0.717) is 0 Å². The van der Waals surface area contributed by atoms with Gasteiger partial charge in [0.25, 0.3) is 0 Å². The van der Waals surface area contributed by atoms with Gasteiger partial charge in [-0.2, -0.15) is 0 Å². The summed E-state index contributed by atoms with van der Waals surface area (Å²) in [4.78, 5) is 12.9. The number of hydrogen-bond acceptors (Lipinski definition) is 18. The standard InChI is InChI=1S/C27H38O18/c1-9-16(32)18(34)21(37)27(41-9)45-24-22(38)25(39)42-14(8-40-26-20(36)19(35)17(33)13(7-28)43-26)23(24)44-15(31)5-3-10-2-4-11(29)12(30)6-10/h2-6,9,13-14,16-30,32-39H,7-8H2,1H3/t9-,13+,14+,16-,17+,18+,19-,20+,21+,22+,23+,24+,25+,26+,27-/m0/s1. The number of ether oxygens (including phenoxy) is 6. The molecule has 0 saturated carbocycles. The first-order valence-corrected chi connectivity index (χ1v) is 13.9. The predicted octanol–water partition coefficient (Wildman–Crippen LogP) is -4.87. The number of rotatable bonds is 9. The van der Waals surface area contributed by atoms with Crippen LogP contribution in [-0.4, -0.2) is 167 Å². The lowest BCUT2D eigenvalue weighted by atomic mass is 9.96. The van der Waals surface area contributed by atoms with Crippen molar-refractivity contribution in [3.63, 3.8) is 0 Å². The molecule has 4 rings (SSSR count). The van der Waals surface area contributed by atoms with Crippen LogP contribution in [0.4, 0.5) is 0 Å². The highest BCUT2D eigenvalue weighted by molar-refractivity contribution is 5.87. The first kappa shape index (κ1) is 35.3. The summed E-state index contributed by atoms with van der Waals surface area (Å²) in [6.07, 6.45) is -23.0. The molecule has 45 heavy (non-hydrogen) atoms. The van der Waals surface area contributed by atoms with Crippen LogP contribution in [0.3, 0.4) is 0 Å². The fourth-order valence-electron chi connectivity index (χ4n) is 5.00. The van der Waals surface area contributed by atoms with Gasteiger partial charge in [0.05, 0.1) is 19.3 Å².